The summed E-state index contributed by atoms with van der Waals surface area (Å²) in [6.07, 6.45) is 3.10. The van der Waals surface area contributed by atoms with E-state index in [1.54, 1.807) is 60.6 Å². The molecule has 0 bridgehead atoms. The molecule has 1 amide bonds. The Balaban J connectivity index is 4.70. The predicted molar refractivity (Wildman–Crippen MR) is 98.6 cm³/mol. The summed E-state index contributed by atoms with van der Waals surface area (Å²) in [4.78, 5) is 35.4. The molecule has 1 unspecified atom stereocenters. The van der Waals surface area contributed by atoms with Gasteiger partial charge in [0.15, 0.2) is 0 Å². The first kappa shape index (κ1) is 23.9. The molecule has 0 rings (SSSR count). The molecule has 0 fully saturated rings. The molecule has 0 heterocycles. The summed E-state index contributed by atoms with van der Waals surface area (Å²) in [5.41, 5.74) is -1.16. The Kier molecular flexibility index (Phi) is 9.38. The highest BCUT2D eigenvalue weighted by Gasteiger charge is 2.22. The molecule has 0 aliphatic rings. The van der Waals surface area contributed by atoms with Crippen molar-refractivity contribution in [3.63, 3.8) is 0 Å². The highest BCUT2D eigenvalue weighted by atomic mass is 16.6. The molecule has 0 aliphatic carbocycles. The standard InChI is InChI=1S/C19H33NO6/c1-13(20-17(23)26-19(5,6)7)9-10-14(16(22)24-8)11-12-15(21)25-18(2,3)4/h9-10,13-14H,11-12H2,1-8H3,(H,20,23)/t13?,14-/m1/s1. The molecule has 7 nitrogen and oxygen atoms in total. The van der Waals surface area contributed by atoms with E-state index in [0.29, 0.717) is 0 Å². The quantitative estimate of drug-likeness (QED) is 0.419. The van der Waals surface area contributed by atoms with E-state index in [0.717, 1.165) is 0 Å². The van der Waals surface area contributed by atoms with Gasteiger partial charge in [-0.15, -0.1) is 0 Å². The van der Waals surface area contributed by atoms with E-state index in [1.807, 2.05) is 0 Å². The highest BCUT2D eigenvalue weighted by molar-refractivity contribution is 5.76. The van der Waals surface area contributed by atoms with Crippen LogP contribution in [0.4, 0.5) is 4.79 Å². The lowest BCUT2D eigenvalue weighted by Gasteiger charge is -2.21. The van der Waals surface area contributed by atoms with Gasteiger partial charge in [0.1, 0.15) is 11.2 Å². The normalized spacial score (nSPS) is 14.5. The summed E-state index contributed by atoms with van der Waals surface area (Å²) in [6, 6.07) is -0.349. The van der Waals surface area contributed by atoms with Crippen molar-refractivity contribution in [2.45, 2.75) is 78.6 Å². The van der Waals surface area contributed by atoms with Crippen LogP contribution in [0.3, 0.4) is 0 Å². The molecule has 0 saturated carbocycles. The number of hydrogen-bond acceptors (Lipinski definition) is 6. The second-order valence-corrected chi connectivity index (χ2v) is 8.07. The van der Waals surface area contributed by atoms with Gasteiger partial charge in [-0.25, -0.2) is 4.79 Å². The van der Waals surface area contributed by atoms with Crippen LogP contribution in [0.15, 0.2) is 12.2 Å². The molecular formula is C19H33NO6. The molecule has 0 aromatic carbocycles. The second kappa shape index (κ2) is 10.2. The molecule has 0 aliphatic heterocycles. The average Bonchev–Trinajstić information content (AvgIpc) is 2.42. The lowest BCUT2D eigenvalue weighted by molar-refractivity contribution is -0.155. The minimum atomic E-state index is -0.601. The van der Waals surface area contributed by atoms with Gasteiger partial charge in [-0.2, -0.15) is 0 Å². The Bertz CT molecular complexity index is 513. The van der Waals surface area contributed by atoms with E-state index in [4.69, 9.17) is 14.2 Å². The van der Waals surface area contributed by atoms with Crippen LogP contribution in [0, 0.1) is 5.92 Å². The topological polar surface area (TPSA) is 90.9 Å². The predicted octanol–water partition coefficient (Wildman–Crippen LogP) is 3.37. The smallest absolute Gasteiger partial charge is 0.408 e. The van der Waals surface area contributed by atoms with Gasteiger partial charge in [0.05, 0.1) is 13.0 Å². The molecule has 0 saturated heterocycles. The molecule has 0 aromatic heterocycles. The number of carbonyl (C=O) groups excluding carboxylic acids is 3. The molecule has 2 atom stereocenters. The van der Waals surface area contributed by atoms with Crippen molar-refractivity contribution in [1.29, 1.82) is 0 Å². The van der Waals surface area contributed by atoms with Crippen LogP contribution < -0.4 is 5.32 Å². The van der Waals surface area contributed by atoms with E-state index in [-0.39, 0.29) is 24.9 Å². The van der Waals surface area contributed by atoms with E-state index < -0.39 is 29.2 Å². The average molecular weight is 371 g/mol. The summed E-state index contributed by atoms with van der Waals surface area (Å²) in [5, 5.41) is 2.65. The number of carbonyl (C=O) groups is 3. The van der Waals surface area contributed by atoms with Gasteiger partial charge < -0.3 is 19.5 Å². The number of amides is 1. The minimum absolute atomic E-state index is 0.0925. The van der Waals surface area contributed by atoms with Crippen LogP contribution in [0.5, 0.6) is 0 Å². The Morgan fingerprint density at radius 2 is 1.50 bits per heavy atom. The first-order valence-electron chi connectivity index (χ1n) is 8.71. The molecule has 26 heavy (non-hydrogen) atoms. The maximum atomic E-state index is 11.9. The third-order valence-electron chi connectivity index (χ3n) is 2.96. The van der Waals surface area contributed by atoms with E-state index >= 15 is 0 Å². The van der Waals surface area contributed by atoms with Gasteiger partial charge >= 0.3 is 18.0 Å². The number of methoxy groups -OCH3 is 1. The third kappa shape index (κ3) is 12.3. The van der Waals surface area contributed by atoms with E-state index in [2.05, 4.69) is 5.32 Å². The number of hydrogen-bond donors (Lipinski definition) is 1. The first-order valence-corrected chi connectivity index (χ1v) is 8.71. The van der Waals surface area contributed by atoms with Crippen molar-refractivity contribution >= 4 is 18.0 Å². The summed E-state index contributed by atoms with van der Waals surface area (Å²) in [5.74, 6) is -1.43. The van der Waals surface area contributed by atoms with Gasteiger partial charge in [-0.3, -0.25) is 9.59 Å². The molecule has 1 N–H and O–H groups in total. The monoisotopic (exact) mass is 371 g/mol. The largest absolute Gasteiger partial charge is 0.469 e. The second-order valence-electron chi connectivity index (χ2n) is 8.07. The molecule has 0 aromatic rings. The lowest BCUT2D eigenvalue weighted by atomic mass is 10.0. The highest BCUT2D eigenvalue weighted by Crippen LogP contribution is 2.15. The number of nitrogens with one attached hydrogen (secondary N) is 1. The fraction of sp³-hybridized carbons (Fsp3) is 0.737. The molecular weight excluding hydrogens is 338 g/mol. The number of rotatable bonds is 7. The van der Waals surface area contributed by atoms with Crippen molar-refractivity contribution in [3.8, 4) is 0 Å². The van der Waals surface area contributed by atoms with Crippen LogP contribution in [0.1, 0.15) is 61.3 Å². The maximum Gasteiger partial charge on any atom is 0.408 e. The number of esters is 2. The van der Waals surface area contributed by atoms with Gasteiger partial charge in [0.2, 0.25) is 0 Å². The molecule has 150 valence electrons. The zero-order chi connectivity index (χ0) is 20.5. The van der Waals surface area contributed by atoms with Gasteiger partial charge in [0, 0.05) is 12.5 Å². The van der Waals surface area contributed by atoms with Crippen molar-refractivity contribution in [2.24, 2.45) is 5.92 Å². The van der Waals surface area contributed by atoms with Crippen LogP contribution in [0.2, 0.25) is 0 Å². The van der Waals surface area contributed by atoms with Gasteiger partial charge in [-0.05, 0) is 54.9 Å². The maximum absolute atomic E-state index is 11.9. The Morgan fingerprint density at radius 3 is 1.96 bits per heavy atom. The van der Waals surface area contributed by atoms with Crippen molar-refractivity contribution in [3.05, 3.63) is 12.2 Å². The molecule has 0 spiro atoms. The van der Waals surface area contributed by atoms with Crippen LogP contribution in [0.25, 0.3) is 0 Å². The zero-order valence-corrected chi connectivity index (χ0v) is 17.2. The summed E-state index contributed by atoms with van der Waals surface area (Å²) >= 11 is 0. The van der Waals surface area contributed by atoms with Crippen molar-refractivity contribution in [2.75, 3.05) is 7.11 Å². The number of ether oxygens (including phenoxy) is 3. The van der Waals surface area contributed by atoms with Gasteiger partial charge in [-0.1, -0.05) is 12.2 Å². The minimum Gasteiger partial charge on any atom is -0.469 e. The van der Waals surface area contributed by atoms with E-state index in [9.17, 15) is 14.4 Å². The van der Waals surface area contributed by atoms with Crippen LogP contribution >= 0.6 is 0 Å². The van der Waals surface area contributed by atoms with Crippen LogP contribution in [-0.2, 0) is 23.8 Å². The third-order valence-corrected chi connectivity index (χ3v) is 2.96. The van der Waals surface area contributed by atoms with Crippen molar-refractivity contribution in [1.82, 2.24) is 5.32 Å². The fourth-order valence-corrected chi connectivity index (χ4v) is 1.95. The summed E-state index contributed by atoms with van der Waals surface area (Å²) in [7, 11) is 1.29. The fourth-order valence-electron chi connectivity index (χ4n) is 1.95. The SMILES string of the molecule is COC(=O)[C@H](C=CC(C)NC(=O)OC(C)(C)C)CCC(=O)OC(C)(C)C. The summed E-state index contributed by atoms with van der Waals surface area (Å²) in [6.45, 7) is 12.4. The van der Waals surface area contributed by atoms with E-state index in [1.165, 1.54) is 7.11 Å². The Morgan fingerprint density at radius 1 is 0.962 bits per heavy atom. The van der Waals surface area contributed by atoms with Crippen LogP contribution in [-0.4, -0.2) is 42.4 Å². The zero-order valence-electron chi connectivity index (χ0n) is 17.2. The first-order chi connectivity index (χ1) is 11.7. The summed E-state index contributed by atoms with van der Waals surface area (Å²) < 4.78 is 15.2. The Hall–Kier alpha value is -2.05. The Labute approximate surface area is 156 Å². The number of alkyl carbamates (subject to hydrolysis) is 1. The van der Waals surface area contributed by atoms with Gasteiger partial charge in [0.25, 0.3) is 0 Å². The molecule has 7 heteroatoms. The van der Waals surface area contributed by atoms with Crippen molar-refractivity contribution < 1.29 is 28.6 Å². The molecule has 0 radical (unpaired) electrons. The lowest BCUT2D eigenvalue weighted by Crippen LogP contribution is -2.36.